The Morgan fingerprint density at radius 1 is 1.19 bits per heavy atom. The standard InChI is InChI=1S/C9H7NO5.H2O/c11-8(9(12)13)5-6-1-3-7(4-2-6)10(14)15;/h1-4H,5H2,(H,12,13);1H2/p-1. The number of Topliss-reactive ketones (excluding diaryl/α,β-unsaturated/α-hetero) is 1. The zero-order valence-corrected chi connectivity index (χ0v) is 8.00. The van der Waals surface area contributed by atoms with Crippen LogP contribution in [-0.4, -0.2) is 22.2 Å². The number of hydrogen-bond acceptors (Lipinski definition) is 5. The van der Waals surface area contributed by atoms with Crippen LogP contribution in [0.15, 0.2) is 24.3 Å². The van der Waals surface area contributed by atoms with Gasteiger partial charge in [-0.05, 0) is 5.56 Å². The van der Waals surface area contributed by atoms with Gasteiger partial charge in [0.05, 0.1) is 4.92 Å². The summed E-state index contributed by atoms with van der Waals surface area (Å²) in [6.07, 6.45) is -0.319. The van der Waals surface area contributed by atoms with Crippen LogP contribution in [0.2, 0.25) is 0 Å². The van der Waals surface area contributed by atoms with E-state index in [-0.39, 0.29) is 17.6 Å². The Labute approximate surface area is 89.8 Å². The van der Waals surface area contributed by atoms with E-state index in [2.05, 4.69) is 0 Å². The Morgan fingerprint density at radius 3 is 2.06 bits per heavy atom. The predicted molar refractivity (Wildman–Crippen MR) is 50.4 cm³/mol. The number of nitro benzene ring substituents is 1. The van der Waals surface area contributed by atoms with E-state index in [1.54, 1.807) is 0 Å². The van der Waals surface area contributed by atoms with E-state index in [1.165, 1.54) is 24.3 Å². The van der Waals surface area contributed by atoms with Crippen molar-refractivity contribution in [1.29, 1.82) is 0 Å². The molecule has 0 heterocycles. The van der Waals surface area contributed by atoms with Gasteiger partial charge >= 0.3 is 0 Å². The van der Waals surface area contributed by atoms with Crippen molar-refractivity contribution in [2.24, 2.45) is 0 Å². The molecule has 1 rings (SSSR count). The maximum atomic E-state index is 10.7. The second-order valence-electron chi connectivity index (χ2n) is 2.81. The minimum Gasteiger partial charge on any atom is -0.542 e. The van der Waals surface area contributed by atoms with E-state index < -0.39 is 16.7 Å². The molecule has 86 valence electrons. The van der Waals surface area contributed by atoms with Crippen molar-refractivity contribution in [2.75, 3.05) is 0 Å². The molecule has 0 saturated carbocycles. The van der Waals surface area contributed by atoms with Gasteiger partial charge in [0.1, 0.15) is 5.97 Å². The van der Waals surface area contributed by atoms with Gasteiger partial charge in [0.15, 0.2) is 5.78 Å². The molecule has 0 bridgehead atoms. The number of carbonyl (C=O) groups is 2. The molecule has 1 aromatic rings. The minimum absolute atomic E-state index is 0. The number of nitro groups is 1. The summed E-state index contributed by atoms with van der Waals surface area (Å²) in [6.45, 7) is 0. The Hall–Kier alpha value is -2.28. The summed E-state index contributed by atoms with van der Waals surface area (Å²) in [6, 6.07) is 5.08. The Bertz CT molecular complexity index is 411. The molecular formula is C9H8NO6-. The van der Waals surface area contributed by atoms with Gasteiger partial charge in [0.2, 0.25) is 0 Å². The molecule has 7 nitrogen and oxygen atoms in total. The second kappa shape index (κ2) is 5.56. The van der Waals surface area contributed by atoms with Crippen LogP contribution in [0.1, 0.15) is 5.56 Å². The van der Waals surface area contributed by atoms with Crippen molar-refractivity contribution in [3.8, 4) is 0 Å². The van der Waals surface area contributed by atoms with Crippen molar-refractivity contribution in [3.05, 3.63) is 39.9 Å². The summed E-state index contributed by atoms with van der Waals surface area (Å²) in [7, 11) is 0. The number of carboxylic acid groups (broad SMARTS) is 1. The van der Waals surface area contributed by atoms with Gasteiger partial charge in [-0.3, -0.25) is 14.9 Å². The van der Waals surface area contributed by atoms with Gasteiger partial charge in [-0.2, -0.15) is 0 Å². The molecule has 0 aromatic heterocycles. The maximum Gasteiger partial charge on any atom is 0.269 e. The Balaban J connectivity index is 0.00000225. The highest BCUT2D eigenvalue weighted by Crippen LogP contribution is 2.12. The third-order valence-electron chi connectivity index (χ3n) is 1.74. The monoisotopic (exact) mass is 226 g/mol. The fraction of sp³-hybridized carbons (Fsp3) is 0.111. The average Bonchev–Trinajstić information content (AvgIpc) is 2.18. The molecule has 0 atom stereocenters. The summed E-state index contributed by atoms with van der Waals surface area (Å²) in [5.41, 5.74) is 0.287. The van der Waals surface area contributed by atoms with Crippen molar-refractivity contribution in [3.63, 3.8) is 0 Å². The molecule has 0 aliphatic heterocycles. The lowest BCUT2D eigenvalue weighted by Gasteiger charge is -2.00. The largest absolute Gasteiger partial charge is 0.542 e. The lowest BCUT2D eigenvalue weighted by atomic mass is 10.1. The molecule has 0 amide bonds. The molecule has 16 heavy (non-hydrogen) atoms. The SMILES string of the molecule is O.O=C([O-])C(=O)Cc1ccc([N+](=O)[O-])cc1. The molecular weight excluding hydrogens is 218 g/mol. The normalized spacial score (nSPS) is 9.00. The molecule has 7 heteroatoms. The Morgan fingerprint density at radius 2 is 1.69 bits per heavy atom. The predicted octanol–water partition coefficient (Wildman–Crippen LogP) is -1.37. The van der Waals surface area contributed by atoms with Crippen LogP contribution in [0.4, 0.5) is 5.69 Å². The highest BCUT2D eigenvalue weighted by atomic mass is 16.6. The van der Waals surface area contributed by atoms with E-state index in [9.17, 15) is 24.8 Å². The fourth-order valence-electron chi connectivity index (χ4n) is 0.993. The topological polar surface area (TPSA) is 132 Å². The molecule has 0 unspecified atom stereocenters. The summed E-state index contributed by atoms with van der Waals surface area (Å²) in [5, 5.41) is 20.4. The maximum absolute atomic E-state index is 10.7. The summed E-state index contributed by atoms with van der Waals surface area (Å²) in [4.78, 5) is 30.5. The van der Waals surface area contributed by atoms with Crippen LogP contribution in [0.25, 0.3) is 0 Å². The van der Waals surface area contributed by atoms with Crippen LogP contribution in [0.3, 0.4) is 0 Å². The first-order valence-corrected chi connectivity index (χ1v) is 3.98. The molecule has 0 fully saturated rings. The zero-order valence-electron chi connectivity index (χ0n) is 8.00. The number of carbonyl (C=O) groups excluding carboxylic acids is 2. The number of aliphatic carboxylic acids is 1. The third-order valence-corrected chi connectivity index (χ3v) is 1.74. The number of carboxylic acids is 1. The van der Waals surface area contributed by atoms with Gasteiger partial charge in [0.25, 0.3) is 5.69 Å². The lowest BCUT2D eigenvalue weighted by Crippen LogP contribution is -2.32. The number of nitrogens with zero attached hydrogens (tertiary/aromatic N) is 1. The van der Waals surface area contributed by atoms with Gasteiger partial charge in [-0.25, -0.2) is 0 Å². The molecule has 2 N–H and O–H groups in total. The average molecular weight is 226 g/mol. The molecule has 1 aromatic carbocycles. The summed E-state index contributed by atoms with van der Waals surface area (Å²) >= 11 is 0. The summed E-state index contributed by atoms with van der Waals surface area (Å²) in [5.74, 6) is -2.81. The van der Waals surface area contributed by atoms with Crippen molar-refractivity contribution >= 4 is 17.4 Å². The van der Waals surface area contributed by atoms with E-state index in [4.69, 9.17) is 0 Å². The van der Waals surface area contributed by atoms with Crippen molar-refractivity contribution < 1.29 is 25.1 Å². The highest BCUT2D eigenvalue weighted by molar-refractivity contribution is 6.32. The van der Waals surface area contributed by atoms with Gasteiger partial charge < -0.3 is 15.4 Å². The summed E-state index contributed by atoms with van der Waals surface area (Å²) < 4.78 is 0. The van der Waals surface area contributed by atoms with Gasteiger partial charge in [-0.1, -0.05) is 12.1 Å². The van der Waals surface area contributed by atoms with E-state index >= 15 is 0 Å². The zero-order chi connectivity index (χ0) is 11.4. The van der Waals surface area contributed by atoms with Crippen LogP contribution in [0, 0.1) is 10.1 Å². The van der Waals surface area contributed by atoms with E-state index in [0.29, 0.717) is 5.56 Å². The Kier molecular flexibility index (Phi) is 4.77. The number of ketones is 1. The molecule has 0 saturated heterocycles. The highest BCUT2D eigenvalue weighted by Gasteiger charge is 2.07. The third kappa shape index (κ3) is 3.46. The smallest absolute Gasteiger partial charge is 0.269 e. The van der Waals surface area contributed by atoms with Crippen LogP contribution in [0.5, 0.6) is 0 Å². The van der Waals surface area contributed by atoms with E-state index in [1.807, 2.05) is 0 Å². The second-order valence-corrected chi connectivity index (χ2v) is 2.81. The fourth-order valence-corrected chi connectivity index (χ4v) is 0.993. The quantitative estimate of drug-likeness (QED) is 0.355. The molecule has 0 spiro atoms. The molecule has 0 radical (unpaired) electrons. The number of benzene rings is 1. The first kappa shape index (κ1) is 13.7. The lowest BCUT2D eigenvalue weighted by molar-refractivity contribution is -0.384. The van der Waals surface area contributed by atoms with Crippen LogP contribution < -0.4 is 5.11 Å². The number of rotatable bonds is 4. The van der Waals surface area contributed by atoms with Crippen molar-refractivity contribution in [2.45, 2.75) is 6.42 Å². The first-order chi connectivity index (χ1) is 7.00. The van der Waals surface area contributed by atoms with Crippen LogP contribution >= 0.6 is 0 Å². The first-order valence-electron chi connectivity index (χ1n) is 3.98. The van der Waals surface area contributed by atoms with E-state index in [0.717, 1.165) is 0 Å². The van der Waals surface area contributed by atoms with Gasteiger partial charge in [0, 0.05) is 18.6 Å². The van der Waals surface area contributed by atoms with Crippen LogP contribution in [-0.2, 0) is 16.0 Å². The van der Waals surface area contributed by atoms with Gasteiger partial charge in [-0.15, -0.1) is 0 Å². The number of non-ortho nitro benzene ring substituents is 1. The van der Waals surface area contributed by atoms with Crippen molar-refractivity contribution in [1.82, 2.24) is 0 Å². The molecule has 0 aliphatic rings. The number of hydrogen-bond donors (Lipinski definition) is 0. The molecule has 0 aliphatic carbocycles. The minimum atomic E-state index is -1.76.